The summed E-state index contributed by atoms with van der Waals surface area (Å²) in [5.74, 6) is -1.75. The molecule has 0 heterocycles. The van der Waals surface area contributed by atoms with Gasteiger partial charge in [0.2, 0.25) is 0 Å². The van der Waals surface area contributed by atoms with Crippen molar-refractivity contribution in [3.8, 4) is 0 Å². The van der Waals surface area contributed by atoms with E-state index in [0.717, 1.165) is 23.5 Å². The van der Waals surface area contributed by atoms with E-state index >= 15 is 0 Å². The number of rotatable bonds is 6. The molecule has 12 heavy (non-hydrogen) atoms. The van der Waals surface area contributed by atoms with Crippen LogP contribution >= 0.6 is 23.5 Å². The fraction of sp³-hybridized carbons (Fsp3) is 0.333. The van der Waals surface area contributed by atoms with E-state index in [0.29, 0.717) is 0 Å². The van der Waals surface area contributed by atoms with Gasteiger partial charge in [-0.3, -0.25) is 9.59 Å². The lowest BCUT2D eigenvalue weighted by Crippen LogP contribution is -1.96. The highest BCUT2D eigenvalue weighted by Gasteiger charge is 1.94. The van der Waals surface area contributed by atoms with Gasteiger partial charge in [0.1, 0.15) is 0 Å². The Morgan fingerprint density at radius 1 is 1.00 bits per heavy atom. The third-order valence-corrected chi connectivity index (χ3v) is 2.32. The smallest absolute Gasteiger partial charge is 0.313 e. The van der Waals surface area contributed by atoms with Crippen molar-refractivity contribution in [2.24, 2.45) is 0 Å². The third kappa shape index (κ3) is 9.38. The molecule has 0 aromatic carbocycles. The predicted octanol–water partition coefficient (Wildman–Crippen LogP) is 1.09. The van der Waals surface area contributed by atoms with Crippen LogP contribution in [-0.4, -0.2) is 33.7 Å². The van der Waals surface area contributed by atoms with Crippen LogP contribution in [0.2, 0.25) is 0 Å². The number of carboxylic acids is 2. The Balaban J connectivity index is 3.26. The van der Waals surface area contributed by atoms with Gasteiger partial charge < -0.3 is 10.2 Å². The Hall–Kier alpha value is -0.620. The van der Waals surface area contributed by atoms with E-state index in [1.807, 2.05) is 0 Å². The van der Waals surface area contributed by atoms with Gasteiger partial charge in [0.05, 0.1) is 11.5 Å². The molecule has 6 heteroatoms. The summed E-state index contributed by atoms with van der Waals surface area (Å²) in [5.41, 5.74) is 0. The van der Waals surface area contributed by atoms with Crippen molar-refractivity contribution in [2.75, 3.05) is 11.5 Å². The SMILES string of the molecule is O=C(O)CS/C=C/SCC(=O)O. The van der Waals surface area contributed by atoms with Crippen LogP contribution in [0.5, 0.6) is 0 Å². The molecule has 0 amide bonds. The molecule has 68 valence electrons. The minimum Gasteiger partial charge on any atom is -0.481 e. The summed E-state index contributed by atoms with van der Waals surface area (Å²) in [7, 11) is 0. The molecule has 2 N–H and O–H groups in total. The molecule has 0 radical (unpaired) electrons. The lowest BCUT2D eigenvalue weighted by Gasteiger charge is -1.88. The first-order chi connectivity index (χ1) is 5.63. The Kier molecular flexibility index (Phi) is 6.69. The van der Waals surface area contributed by atoms with E-state index in [9.17, 15) is 9.59 Å². The van der Waals surface area contributed by atoms with Gasteiger partial charge in [-0.1, -0.05) is 0 Å². The summed E-state index contributed by atoms with van der Waals surface area (Å²) in [5, 5.41) is 19.5. The summed E-state index contributed by atoms with van der Waals surface area (Å²) in [4.78, 5) is 20.0. The predicted molar refractivity (Wildman–Crippen MR) is 49.3 cm³/mol. The number of hydrogen-bond acceptors (Lipinski definition) is 4. The molecule has 0 aliphatic rings. The van der Waals surface area contributed by atoms with E-state index in [4.69, 9.17) is 10.2 Å². The minimum atomic E-state index is -0.882. The molecule has 0 aliphatic carbocycles. The summed E-state index contributed by atoms with van der Waals surface area (Å²) < 4.78 is 0. The van der Waals surface area contributed by atoms with Crippen molar-refractivity contribution in [1.82, 2.24) is 0 Å². The van der Waals surface area contributed by atoms with Crippen molar-refractivity contribution in [3.05, 3.63) is 10.8 Å². The Labute approximate surface area is 78.0 Å². The number of hydrogen-bond donors (Lipinski definition) is 2. The van der Waals surface area contributed by atoms with Crippen LogP contribution < -0.4 is 0 Å². The molecule has 4 nitrogen and oxygen atoms in total. The summed E-state index contributed by atoms with van der Waals surface area (Å²) in [6.07, 6.45) is 0. The molecular formula is C6H8O4S2. The maximum Gasteiger partial charge on any atom is 0.313 e. The fourth-order valence-electron chi connectivity index (χ4n) is 0.317. The van der Waals surface area contributed by atoms with Crippen molar-refractivity contribution in [3.63, 3.8) is 0 Å². The zero-order valence-corrected chi connectivity index (χ0v) is 7.73. The molecule has 0 unspecified atom stereocenters. The van der Waals surface area contributed by atoms with E-state index in [-0.39, 0.29) is 11.5 Å². The van der Waals surface area contributed by atoms with Gasteiger partial charge in [0.15, 0.2) is 0 Å². The van der Waals surface area contributed by atoms with Crippen LogP contribution in [-0.2, 0) is 9.59 Å². The van der Waals surface area contributed by atoms with Gasteiger partial charge in [-0.2, -0.15) is 0 Å². The topological polar surface area (TPSA) is 74.6 Å². The van der Waals surface area contributed by atoms with Crippen LogP contribution in [0.15, 0.2) is 10.8 Å². The van der Waals surface area contributed by atoms with E-state index in [1.54, 1.807) is 10.8 Å². The van der Waals surface area contributed by atoms with E-state index in [1.165, 1.54) is 0 Å². The Morgan fingerprint density at radius 2 is 1.33 bits per heavy atom. The zero-order chi connectivity index (χ0) is 9.40. The highest BCUT2D eigenvalue weighted by atomic mass is 32.2. The lowest BCUT2D eigenvalue weighted by molar-refractivity contribution is -0.134. The normalized spacial score (nSPS) is 10.3. The van der Waals surface area contributed by atoms with Gasteiger partial charge in [-0.15, -0.1) is 23.5 Å². The number of aliphatic carboxylic acids is 2. The van der Waals surface area contributed by atoms with Crippen molar-refractivity contribution in [1.29, 1.82) is 0 Å². The average Bonchev–Trinajstić information content (AvgIpc) is 1.95. The second-order valence-corrected chi connectivity index (χ2v) is 3.47. The number of carboxylic acid groups (broad SMARTS) is 2. The van der Waals surface area contributed by atoms with Gasteiger partial charge >= 0.3 is 11.9 Å². The molecule has 0 saturated heterocycles. The third-order valence-electron chi connectivity index (χ3n) is 0.662. The molecule has 0 aromatic heterocycles. The summed E-state index contributed by atoms with van der Waals surface area (Å²) in [6, 6.07) is 0. The first kappa shape index (κ1) is 11.4. The van der Waals surface area contributed by atoms with Crippen LogP contribution in [0, 0.1) is 0 Å². The number of thioether (sulfide) groups is 2. The molecule has 0 fully saturated rings. The summed E-state index contributed by atoms with van der Waals surface area (Å²) >= 11 is 2.24. The second kappa shape index (κ2) is 7.05. The molecule has 0 saturated carbocycles. The Bertz CT molecular complexity index is 170. The highest BCUT2D eigenvalue weighted by Crippen LogP contribution is 2.08. The van der Waals surface area contributed by atoms with Crippen LogP contribution in [0.1, 0.15) is 0 Å². The van der Waals surface area contributed by atoms with Crippen LogP contribution in [0.4, 0.5) is 0 Å². The van der Waals surface area contributed by atoms with E-state index < -0.39 is 11.9 Å². The van der Waals surface area contributed by atoms with Crippen molar-refractivity contribution in [2.45, 2.75) is 0 Å². The first-order valence-electron chi connectivity index (χ1n) is 2.94. The first-order valence-corrected chi connectivity index (χ1v) is 5.04. The maximum absolute atomic E-state index is 9.98. The Morgan fingerprint density at radius 3 is 1.58 bits per heavy atom. The molecule has 0 rings (SSSR count). The van der Waals surface area contributed by atoms with E-state index in [2.05, 4.69) is 0 Å². The van der Waals surface area contributed by atoms with Crippen LogP contribution in [0.25, 0.3) is 0 Å². The fourth-order valence-corrected chi connectivity index (χ4v) is 1.42. The van der Waals surface area contributed by atoms with Crippen molar-refractivity contribution >= 4 is 35.5 Å². The summed E-state index contributed by atoms with van der Waals surface area (Å²) in [6.45, 7) is 0. The largest absolute Gasteiger partial charge is 0.481 e. The minimum absolute atomic E-state index is 0.00410. The van der Waals surface area contributed by atoms with Crippen molar-refractivity contribution < 1.29 is 19.8 Å². The molecular weight excluding hydrogens is 200 g/mol. The van der Waals surface area contributed by atoms with Gasteiger partial charge in [-0.05, 0) is 10.8 Å². The number of carbonyl (C=O) groups is 2. The molecule has 0 spiro atoms. The molecule has 0 atom stereocenters. The average molecular weight is 208 g/mol. The molecule has 0 aliphatic heterocycles. The van der Waals surface area contributed by atoms with Gasteiger partial charge in [-0.25, -0.2) is 0 Å². The quantitative estimate of drug-likeness (QED) is 0.680. The zero-order valence-electron chi connectivity index (χ0n) is 6.10. The standard InChI is InChI=1S/C6H8O4S2/c7-5(8)3-11-1-2-12-4-6(9)10/h1-2H,3-4H2,(H,7,8)(H,9,10)/b2-1+. The monoisotopic (exact) mass is 208 g/mol. The van der Waals surface area contributed by atoms with Crippen LogP contribution in [0.3, 0.4) is 0 Å². The lowest BCUT2D eigenvalue weighted by atomic mass is 10.8. The maximum atomic E-state index is 9.98. The second-order valence-electron chi connectivity index (χ2n) is 1.68. The molecule has 0 bridgehead atoms. The van der Waals surface area contributed by atoms with Gasteiger partial charge in [0, 0.05) is 0 Å². The van der Waals surface area contributed by atoms with Gasteiger partial charge in [0.25, 0.3) is 0 Å². The molecule has 0 aromatic rings. The highest BCUT2D eigenvalue weighted by molar-refractivity contribution is 8.06.